The molecule has 0 spiro atoms. The highest BCUT2D eigenvalue weighted by Crippen LogP contribution is 2.19. The molecule has 1 heterocycles. The summed E-state index contributed by atoms with van der Waals surface area (Å²) in [4.78, 5) is 86.6. The number of carbonyl (C=O) groups is 7. The van der Waals surface area contributed by atoms with E-state index in [-0.39, 0.29) is 6.42 Å². The van der Waals surface area contributed by atoms with Gasteiger partial charge in [-0.3, -0.25) is 28.8 Å². The number of nitrogens with one attached hydrogen (secondary N) is 4. The molecule has 39 heavy (non-hydrogen) atoms. The summed E-state index contributed by atoms with van der Waals surface area (Å²) in [6.45, 7) is 0. The molecule has 2 rings (SSSR count). The molecule has 5 amide bonds. The van der Waals surface area contributed by atoms with Gasteiger partial charge in [0.2, 0.25) is 29.5 Å². The fraction of sp³-hybridized carbons (Fsp3) is 0.348. The Kier molecular flexibility index (Phi) is 10.5. The van der Waals surface area contributed by atoms with E-state index < -0.39 is 84.9 Å². The van der Waals surface area contributed by atoms with E-state index in [4.69, 9.17) is 17.2 Å². The number of hydrogen-bond donors (Lipinski definition) is 9. The molecule has 1 aromatic heterocycles. The topological polar surface area (TPSA) is 290 Å². The molecule has 0 fully saturated rings. The number of carboxylic acids is 2. The van der Waals surface area contributed by atoms with Crippen LogP contribution in [0.5, 0.6) is 0 Å². The molecule has 1 aromatic carbocycles. The quantitative estimate of drug-likeness (QED) is 0.108. The number of carbonyl (C=O) groups excluding carboxylic acids is 5. The number of aliphatic carboxylic acids is 2. The lowest BCUT2D eigenvalue weighted by atomic mass is 10.0. The van der Waals surface area contributed by atoms with Gasteiger partial charge >= 0.3 is 11.9 Å². The number of H-pyrrole nitrogens is 1. The first-order valence-corrected chi connectivity index (χ1v) is 11.5. The lowest BCUT2D eigenvalue weighted by molar-refractivity contribution is -0.144. The Labute approximate surface area is 220 Å². The van der Waals surface area contributed by atoms with Gasteiger partial charge in [-0.1, -0.05) is 18.2 Å². The van der Waals surface area contributed by atoms with Gasteiger partial charge in [0.1, 0.15) is 18.1 Å². The number of carboxylic acid groups (broad SMARTS) is 2. The van der Waals surface area contributed by atoms with Crippen LogP contribution >= 0.6 is 0 Å². The van der Waals surface area contributed by atoms with E-state index in [0.29, 0.717) is 10.9 Å². The van der Waals surface area contributed by atoms with Crippen molar-refractivity contribution in [2.45, 2.75) is 49.9 Å². The van der Waals surface area contributed by atoms with Crippen LogP contribution in [-0.4, -0.2) is 80.8 Å². The Morgan fingerprint density at radius 3 is 1.92 bits per heavy atom. The number of rotatable bonds is 15. The normalized spacial score (nSPS) is 13.9. The lowest BCUT2D eigenvalue weighted by Gasteiger charge is -2.24. The van der Waals surface area contributed by atoms with E-state index in [0.717, 1.165) is 5.52 Å². The third kappa shape index (κ3) is 9.12. The van der Waals surface area contributed by atoms with E-state index in [1.807, 2.05) is 5.32 Å². The van der Waals surface area contributed by atoms with E-state index in [2.05, 4.69) is 15.6 Å². The molecule has 0 radical (unpaired) electrons. The van der Waals surface area contributed by atoms with E-state index >= 15 is 0 Å². The second-order valence-corrected chi connectivity index (χ2v) is 8.63. The Balaban J connectivity index is 2.32. The van der Waals surface area contributed by atoms with Crippen LogP contribution in [0.1, 0.15) is 24.8 Å². The Hall–Kier alpha value is -4.99. The van der Waals surface area contributed by atoms with Gasteiger partial charge in [0.25, 0.3) is 0 Å². The zero-order valence-electron chi connectivity index (χ0n) is 20.5. The summed E-state index contributed by atoms with van der Waals surface area (Å²) in [7, 11) is 0. The second kappa shape index (κ2) is 13.5. The molecule has 4 unspecified atom stereocenters. The minimum atomic E-state index is -1.80. The van der Waals surface area contributed by atoms with Gasteiger partial charge in [-0.25, -0.2) is 4.79 Å². The van der Waals surface area contributed by atoms with Gasteiger partial charge in [0.15, 0.2) is 0 Å². The third-order valence-corrected chi connectivity index (χ3v) is 5.52. The van der Waals surface area contributed by atoms with Crippen LogP contribution < -0.4 is 33.2 Å². The highest BCUT2D eigenvalue weighted by atomic mass is 16.4. The van der Waals surface area contributed by atoms with Crippen molar-refractivity contribution in [1.29, 1.82) is 0 Å². The maximum atomic E-state index is 13.2. The molecule has 0 aliphatic carbocycles. The smallest absolute Gasteiger partial charge is 0.326 e. The number of primary amides is 2. The number of aromatic nitrogens is 1. The van der Waals surface area contributed by atoms with Crippen molar-refractivity contribution in [1.82, 2.24) is 20.9 Å². The monoisotopic (exact) mass is 547 g/mol. The molecule has 0 aliphatic heterocycles. The van der Waals surface area contributed by atoms with Gasteiger partial charge in [0, 0.05) is 23.5 Å². The maximum absolute atomic E-state index is 13.2. The van der Waals surface area contributed by atoms with Crippen LogP contribution in [0, 0.1) is 0 Å². The van der Waals surface area contributed by atoms with Crippen LogP contribution in [0.2, 0.25) is 0 Å². The maximum Gasteiger partial charge on any atom is 0.326 e. The van der Waals surface area contributed by atoms with E-state index in [9.17, 15) is 43.8 Å². The molecule has 0 bridgehead atoms. The van der Waals surface area contributed by atoms with Crippen molar-refractivity contribution in [3.8, 4) is 0 Å². The highest BCUT2D eigenvalue weighted by molar-refractivity contribution is 5.97. The van der Waals surface area contributed by atoms with Crippen molar-refractivity contribution in [3.63, 3.8) is 0 Å². The minimum Gasteiger partial charge on any atom is -0.481 e. The van der Waals surface area contributed by atoms with Crippen molar-refractivity contribution in [2.24, 2.45) is 17.2 Å². The highest BCUT2D eigenvalue weighted by Gasteiger charge is 2.32. The average Bonchev–Trinajstić information content (AvgIpc) is 3.24. The Bertz CT molecular complexity index is 1280. The summed E-state index contributed by atoms with van der Waals surface area (Å²) in [6, 6.07) is 0.645. The van der Waals surface area contributed by atoms with Gasteiger partial charge in [-0.05, 0) is 11.6 Å². The Morgan fingerprint density at radius 1 is 0.769 bits per heavy atom. The third-order valence-electron chi connectivity index (χ3n) is 5.52. The number of para-hydroxylation sites is 1. The van der Waals surface area contributed by atoms with Crippen molar-refractivity contribution in [3.05, 3.63) is 36.0 Å². The molecule has 16 heteroatoms. The van der Waals surface area contributed by atoms with Crippen LogP contribution in [-0.2, 0) is 40.0 Å². The number of aromatic amines is 1. The molecule has 16 nitrogen and oxygen atoms in total. The van der Waals surface area contributed by atoms with Gasteiger partial charge in [0.05, 0.1) is 25.3 Å². The molecule has 0 saturated carbocycles. The predicted molar refractivity (Wildman–Crippen MR) is 133 cm³/mol. The lowest BCUT2D eigenvalue weighted by Crippen LogP contribution is -2.58. The summed E-state index contributed by atoms with van der Waals surface area (Å²) in [5, 5.41) is 25.7. The molecule has 12 N–H and O–H groups in total. The number of fused-ring (bicyclic) bond motifs is 1. The number of hydrogen-bond acceptors (Lipinski definition) is 8. The van der Waals surface area contributed by atoms with E-state index in [1.54, 1.807) is 30.5 Å². The van der Waals surface area contributed by atoms with Crippen molar-refractivity contribution >= 4 is 52.4 Å². The summed E-state index contributed by atoms with van der Waals surface area (Å²) < 4.78 is 0. The minimum absolute atomic E-state index is 0.147. The largest absolute Gasteiger partial charge is 0.481 e. The van der Waals surface area contributed by atoms with Crippen LogP contribution in [0.4, 0.5) is 0 Å². The van der Waals surface area contributed by atoms with Crippen LogP contribution in [0.15, 0.2) is 30.5 Å². The average molecular weight is 548 g/mol. The molecule has 0 aliphatic rings. The van der Waals surface area contributed by atoms with Gasteiger partial charge in [-0.2, -0.15) is 0 Å². The fourth-order valence-corrected chi connectivity index (χ4v) is 3.65. The first-order chi connectivity index (χ1) is 18.3. The first kappa shape index (κ1) is 30.2. The second-order valence-electron chi connectivity index (χ2n) is 8.63. The number of benzene rings is 1. The zero-order valence-corrected chi connectivity index (χ0v) is 20.5. The van der Waals surface area contributed by atoms with Crippen LogP contribution in [0.25, 0.3) is 10.9 Å². The summed E-state index contributed by atoms with van der Waals surface area (Å²) >= 11 is 0. The van der Waals surface area contributed by atoms with Crippen molar-refractivity contribution < 1.29 is 43.8 Å². The molecule has 4 atom stereocenters. The molecule has 0 saturated heterocycles. The molecule has 2 aromatic rings. The predicted octanol–water partition coefficient (Wildman–Crippen LogP) is -3.20. The molecular weight excluding hydrogens is 518 g/mol. The molecule has 210 valence electrons. The number of amides is 5. The molecular formula is C23H29N7O9. The summed E-state index contributed by atoms with van der Waals surface area (Å²) in [6.07, 6.45) is -0.830. The standard InChI is InChI=1S/C23H29N7O9/c24-12(6-17(25)31)20(35)28-14(5-10-9-27-13-4-2-1-3-11(10)13)21(36)29-15(8-19(33)34)22(37)30-16(23(38)39)7-18(26)32/h1-4,9,12,14-16,27H,5-8,24H2,(H2,25,31)(H2,26,32)(H,28,35)(H,29,36)(H,30,37)(H,33,34)(H,38,39). The zero-order chi connectivity index (χ0) is 29.3. The Morgan fingerprint density at radius 2 is 1.33 bits per heavy atom. The SMILES string of the molecule is NC(=O)CC(N)C(=O)NC(Cc1c[nH]c2ccccc12)C(=O)NC(CC(=O)O)C(=O)NC(CC(N)=O)C(=O)O. The van der Waals surface area contributed by atoms with Crippen LogP contribution in [0.3, 0.4) is 0 Å². The summed E-state index contributed by atoms with van der Waals surface area (Å²) in [5.41, 5.74) is 17.0. The van der Waals surface area contributed by atoms with Crippen molar-refractivity contribution in [2.75, 3.05) is 0 Å². The first-order valence-electron chi connectivity index (χ1n) is 11.5. The summed E-state index contributed by atoms with van der Waals surface area (Å²) in [5.74, 6) is -8.19. The van der Waals surface area contributed by atoms with Gasteiger partial charge < -0.3 is 48.3 Å². The van der Waals surface area contributed by atoms with Gasteiger partial charge in [-0.15, -0.1) is 0 Å². The van der Waals surface area contributed by atoms with E-state index in [1.165, 1.54) is 0 Å². The number of nitrogens with two attached hydrogens (primary N) is 3. The fourth-order valence-electron chi connectivity index (χ4n) is 3.65.